The zero-order valence-electron chi connectivity index (χ0n) is 11.0. The third-order valence-corrected chi connectivity index (χ3v) is 3.66. The number of hydrogen-bond acceptors (Lipinski definition) is 3. The number of thioether (sulfide) groups is 1. The summed E-state index contributed by atoms with van der Waals surface area (Å²) in [6, 6.07) is 5.57. The Morgan fingerprint density at radius 3 is 2.95 bits per heavy atom. The van der Waals surface area contributed by atoms with Crippen LogP contribution in [0.3, 0.4) is 0 Å². The maximum atomic E-state index is 11.7. The number of hydrogen-bond donors (Lipinski definition) is 0. The van der Waals surface area contributed by atoms with Crippen LogP contribution in [0, 0.1) is 0 Å². The van der Waals surface area contributed by atoms with E-state index in [9.17, 15) is 4.79 Å². The predicted octanol–water partition coefficient (Wildman–Crippen LogP) is 3.63. The number of ether oxygens (including phenoxy) is 1. The Hall–Kier alpha value is -1.13. The maximum Gasteiger partial charge on any atom is 0.227 e. The SMILES string of the molecule is CSCOc1ccc(C2=CCCC(=O)N2C)c(Cl)c1. The van der Waals surface area contributed by atoms with Crippen LogP contribution in [0.5, 0.6) is 5.75 Å². The molecule has 102 valence electrons. The Labute approximate surface area is 122 Å². The second-order valence-corrected chi connectivity index (χ2v) is 5.49. The van der Waals surface area contributed by atoms with Crippen LogP contribution in [0.4, 0.5) is 0 Å². The number of carbonyl (C=O) groups is 1. The van der Waals surface area contributed by atoms with Crippen molar-refractivity contribution >= 4 is 35.0 Å². The Bertz CT molecular complexity index is 516. The number of rotatable bonds is 4. The fourth-order valence-electron chi connectivity index (χ4n) is 1.98. The van der Waals surface area contributed by atoms with Gasteiger partial charge in [0, 0.05) is 24.7 Å². The minimum Gasteiger partial charge on any atom is -0.483 e. The van der Waals surface area contributed by atoms with Gasteiger partial charge in [0.2, 0.25) is 5.91 Å². The molecule has 1 amide bonds. The standard InChI is InChI=1S/C14H16ClNO2S/c1-16-13(4-3-5-14(16)17)11-7-6-10(8-12(11)15)18-9-19-2/h4,6-8H,3,5,9H2,1-2H3. The van der Waals surface area contributed by atoms with E-state index in [4.69, 9.17) is 16.3 Å². The first-order valence-corrected chi connectivity index (χ1v) is 7.79. The number of nitrogens with zero attached hydrogens (tertiary/aromatic N) is 1. The summed E-state index contributed by atoms with van der Waals surface area (Å²) in [5, 5.41) is 0.603. The summed E-state index contributed by atoms with van der Waals surface area (Å²) in [6.07, 6.45) is 5.35. The highest BCUT2D eigenvalue weighted by atomic mass is 35.5. The van der Waals surface area contributed by atoms with Crippen LogP contribution in [0.2, 0.25) is 5.02 Å². The second-order valence-electron chi connectivity index (χ2n) is 4.27. The second kappa shape index (κ2) is 6.35. The van der Waals surface area contributed by atoms with Crippen molar-refractivity contribution in [2.45, 2.75) is 12.8 Å². The van der Waals surface area contributed by atoms with E-state index in [0.29, 0.717) is 17.4 Å². The molecule has 0 unspecified atom stereocenters. The van der Waals surface area contributed by atoms with Gasteiger partial charge in [0.25, 0.3) is 0 Å². The Morgan fingerprint density at radius 2 is 2.26 bits per heavy atom. The van der Waals surface area contributed by atoms with Crippen molar-refractivity contribution in [3.05, 3.63) is 34.9 Å². The molecule has 5 heteroatoms. The average molecular weight is 298 g/mol. The number of allylic oxidation sites excluding steroid dienone is 1. The molecule has 0 saturated heterocycles. The van der Waals surface area contributed by atoms with Crippen LogP contribution < -0.4 is 4.74 Å². The molecule has 0 aliphatic carbocycles. The molecule has 0 atom stereocenters. The summed E-state index contributed by atoms with van der Waals surface area (Å²) in [5.74, 6) is 1.46. The molecule has 2 rings (SSSR count). The van der Waals surface area contributed by atoms with Crippen LogP contribution in [0.15, 0.2) is 24.3 Å². The summed E-state index contributed by atoms with van der Waals surface area (Å²) in [4.78, 5) is 13.4. The summed E-state index contributed by atoms with van der Waals surface area (Å²) < 4.78 is 5.50. The molecule has 0 saturated carbocycles. The molecule has 19 heavy (non-hydrogen) atoms. The van der Waals surface area contributed by atoms with Crippen molar-refractivity contribution in [1.82, 2.24) is 4.90 Å². The van der Waals surface area contributed by atoms with Gasteiger partial charge in [-0.1, -0.05) is 17.7 Å². The smallest absolute Gasteiger partial charge is 0.227 e. The van der Waals surface area contributed by atoms with Gasteiger partial charge in [-0.25, -0.2) is 0 Å². The molecule has 0 bridgehead atoms. The van der Waals surface area contributed by atoms with E-state index in [1.165, 1.54) is 0 Å². The van der Waals surface area contributed by atoms with E-state index < -0.39 is 0 Å². The van der Waals surface area contributed by atoms with Crippen molar-refractivity contribution in [3.8, 4) is 5.75 Å². The van der Waals surface area contributed by atoms with Crippen LogP contribution in [0.1, 0.15) is 18.4 Å². The molecule has 0 spiro atoms. The van der Waals surface area contributed by atoms with Crippen molar-refractivity contribution in [2.24, 2.45) is 0 Å². The van der Waals surface area contributed by atoms with Gasteiger partial charge in [0.1, 0.15) is 11.7 Å². The highest BCUT2D eigenvalue weighted by Gasteiger charge is 2.20. The van der Waals surface area contributed by atoms with Crippen molar-refractivity contribution < 1.29 is 9.53 Å². The van der Waals surface area contributed by atoms with Crippen LogP contribution >= 0.6 is 23.4 Å². The monoisotopic (exact) mass is 297 g/mol. The maximum absolute atomic E-state index is 11.7. The number of benzene rings is 1. The number of carbonyl (C=O) groups excluding carboxylic acids is 1. The first-order chi connectivity index (χ1) is 9.13. The fraction of sp³-hybridized carbons (Fsp3) is 0.357. The van der Waals surface area contributed by atoms with Crippen molar-refractivity contribution in [1.29, 1.82) is 0 Å². The van der Waals surface area contributed by atoms with E-state index in [0.717, 1.165) is 23.4 Å². The van der Waals surface area contributed by atoms with Crippen LogP contribution in [-0.4, -0.2) is 30.0 Å². The number of halogens is 1. The molecule has 1 aromatic carbocycles. The van der Waals surface area contributed by atoms with Gasteiger partial charge in [-0.05, 0) is 30.9 Å². The van der Waals surface area contributed by atoms with Gasteiger partial charge >= 0.3 is 0 Å². The topological polar surface area (TPSA) is 29.5 Å². The Morgan fingerprint density at radius 1 is 1.47 bits per heavy atom. The van der Waals surface area contributed by atoms with Crippen molar-refractivity contribution in [2.75, 3.05) is 19.2 Å². The molecule has 0 aromatic heterocycles. The lowest BCUT2D eigenvalue weighted by atomic mass is 10.0. The molecular formula is C14H16ClNO2S. The minimum absolute atomic E-state index is 0.122. The van der Waals surface area contributed by atoms with Gasteiger partial charge in [0.05, 0.1) is 5.02 Å². The molecule has 0 N–H and O–H groups in total. The van der Waals surface area contributed by atoms with E-state index in [1.807, 2.05) is 24.5 Å². The van der Waals surface area contributed by atoms with Gasteiger partial charge in [0.15, 0.2) is 0 Å². The molecule has 1 aromatic rings. The zero-order chi connectivity index (χ0) is 13.8. The molecule has 1 aliphatic heterocycles. The van der Waals surface area contributed by atoms with Gasteiger partial charge in [-0.2, -0.15) is 0 Å². The summed E-state index contributed by atoms with van der Waals surface area (Å²) in [7, 11) is 1.78. The van der Waals surface area contributed by atoms with Gasteiger partial charge < -0.3 is 9.64 Å². The molecule has 3 nitrogen and oxygen atoms in total. The van der Waals surface area contributed by atoms with Gasteiger partial charge in [-0.3, -0.25) is 4.79 Å². The quantitative estimate of drug-likeness (QED) is 0.795. The third-order valence-electron chi connectivity index (χ3n) is 2.99. The normalized spacial score (nSPS) is 15.4. The highest BCUT2D eigenvalue weighted by Crippen LogP contribution is 2.32. The largest absolute Gasteiger partial charge is 0.483 e. The zero-order valence-corrected chi connectivity index (χ0v) is 12.6. The first-order valence-electron chi connectivity index (χ1n) is 6.02. The molecule has 1 heterocycles. The molecule has 1 aliphatic rings. The third kappa shape index (κ3) is 3.25. The summed E-state index contributed by atoms with van der Waals surface area (Å²) >= 11 is 7.89. The molecule has 0 radical (unpaired) electrons. The lowest BCUT2D eigenvalue weighted by molar-refractivity contribution is -0.127. The summed E-state index contributed by atoms with van der Waals surface area (Å²) in [5.41, 5.74) is 1.74. The van der Waals surface area contributed by atoms with Crippen LogP contribution in [-0.2, 0) is 4.79 Å². The highest BCUT2D eigenvalue weighted by molar-refractivity contribution is 7.98. The molecule has 0 fully saturated rings. The summed E-state index contributed by atoms with van der Waals surface area (Å²) in [6.45, 7) is 0. The Kier molecular flexibility index (Phi) is 4.77. The fourth-order valence-corrected chi connectivity index (χ4v) is 2.50. The van der Waals surface area contributed by atoms with Gasteiger partial charge in [-0.15, -0.1) is 11.8 Å². The lowest BCUT2D eigenvalue weighted by Gasteiger charge is -2.25. The minimum atomic E-state index is 0.122. The van der Waals surface area contributed by atoms with E-state index >= 15 is 0 Å². The average Bonchev–Trinajstić information content (AvgIpc) is 2.40. The van der Waals surface area contributed by atoms with E-state index in [-0.39, 0.29) is 5.91 Å². The lowest BCUT2D eigenvalue weighted by Crippen LogP contribution is -2.27. The molecular weight excluding hydrogens is 282 g/mol. The van der Waals surface area contributed by atoms with Crippen LogP contribution in [0.25, 0.3) is 5.70 Å². The van der Waals surface area contributed by atoms with E-state index in [1.54, 1.807) is 29.8 Å². The first kappa shape index (κ1) is 14.3. The predicted molar refractivity (Wildman–Crippen MR) is 80.4 cm³/mol. The number of amides is 1. The van der Waals surface area contributed by atoms with E-state index in [2.05, 4.69) is 0 Å². The Balaban J connectivity index is 2.26. The van der Waals surface area contributed by atoms with Crippen molar-refractivity contribution in [3.63, 3.8) is 0 Å².